The second-order valence-corrected chi connectivity index (χ2v) is 6.34. The van der Waals surface area contributed by atoms with Crippen LogP contribution in [0.1, 0.15) is 21.5 Å². The van der Waals surface area contributed by atoms with E-state index in [0.29, 0.717) is 34.7 Å². The molecule has 0 aliphatic rings. The average molecular weight is 397 g/mol. The molecule has 0 spiro atoms. The molecule has 0 saturated heterocycles. The third kappa shape index (κ3) is 4.70. The molecule has 3 rings (SSSR count). The fourth-order valence-electron chi connectivity index (χ4n) is 2.38. The molecule has 0 unspecified atom stereocenters. The Labute approximate surface area is 155 Å². The van der Waals surface area contributed by atoms with Crippen LogP contribution in [0, 0.1) is 0 Å². The van der Waals surface area contributed by atoms with Crippen molar-refractivity contribution in [2.75, 3.05) is 0 Å². The van der Waals surface area contributed by atoms with Crippen LogP contribution in [0.15, 0.2) is 77.3 Å². The predicted octanol–water partition coefficient (Wildman–Crippen LogP) is 5.42. The van der Waals surface area contributed by atoms with Gasteiger partial charge in [-0.15, -0.1) is 0 Å². The van der Waals surface area contributed by atoms with Gasteiger partial charge in [0.1, 0.15) is 24.7 Å². The maximum Gasteiger partial charge on any atom is 0.153 e. The Hall–Kier alpha value is -2.59. The van der Waals surface area contributed by atoms with Gasteiger partial charge < -0.3 is 9.47 Å². The van der Waals surface area contributed by atoms with E-state index in [1.165, 1.54) is 0 Å². The zero-order valence-electron chi connectivity index (χ0n) is 13.5. The van der Waals surface area contributed by atoms with Gasteiger partial charge in [-0.3, -0.25) is 4.79 Å². The number of carbonyl (C=O) groups excluding carboxylic acids is 1. The van der Waals surface area contributed by atoms with E-state index in [1.54, 1.807) is 6.07 Å². The zero-order chi connectivity index (χ0) is 17.5. The van der Waals surface area contributed by atoms with Crippen molar-refractivity contribution in [1.82, 2.24) is 0 Å². The van der Waals surface area contributed by atoms with Crippen LogP contribution in [-0.2, 0) is 13.2 Å². The Bertz CT molecular complexity index is 833. The fraction of sp³-hybridized carbons (Fsp3) is 0.0952. The van der Waals surface area contributed by atoms with Crippen LogP contribution in [0.5, 0.6) is 11.5 Å². The van der Waals surface area contributed by atoms with Crippen molar-refractivity contribution in [2.45, 2.75) is 13.2 Å². The largest absolute Gasteiger partial charge is 0.489 e. The SMILES string of the molecule is O=Cc1cc(OCc2ccccc2)cc(Br)c1OCc1ccccc1. The van der Waals surface area contributed by atoms with Gasteiger partial charge >= 0.3 is 0 Å². The number of halogens is 1. The number of aldehydes is 1. The topological polar surface area (TPSA) is 35.5 Å². The minimum absolute atomic E-state index is 0.393. The third-order valence-electron chi connectivity index (χ3n) is 3.65. The molecule has 0 fully saturated rings. The maximum absolute atomic E-state index is 11.5. The first-order valence-electron chi connectivity index (χ1n) is 7.88. The molecule has 0 heterocycles. The van der Waals surface area contributed by atoms with E-state index in [-0.39, 0.29) is 0 Å². The summed E-state index contributed by atoms with van der Waals surface area (Å²) in [7, 11) is 0. The highest BCUT2D eigenvalue weighted by Gasteiger charge is 2.12. The van der Waals surface area contributed by atoms with E-state index in [0.717, 1.165) is 17.4 Å². The molecular formula is C21H17BrO3. The summed E-state index contributed by atoms with van der Waals surface area (Å²) < 4.78 is 12.3. The molecule has 0 bridgehead atoms. The van der Waals surface area contributed by atoms with Crippen molar-refractivity contribution in [3.8, 4) is 11.5 Å². The minimum atomic E-state index is 0.393. The Morgan fingerprint density at radius 3 is 1.92 bits per heavy atom. The predicted molar refractivity (Wildman–Crippen MR) is 101 cm³/mol. The lowest BCUT2D eigenvalue weighted by atomic mass is 10.2. The van der Waals surface area contributed by atoms with E-state index >= 15 is 0 Å². The lowest BCUT2D eigenvalue weighted by Gasteiger charge is -2.13. The van der Waals surface area contributed by atoms with Gasteiger partial charge in [0.15, 0.2) is 6.29 Å². The van der Waals surface area contributed by atoms with Gasteiger partial charge in [-0.05, 0) is 39.2 Å². The molecule has 126 valence electrons. The lowest BCUT2D eigenvalue weighted by Crippen LogP contribution is -2.01. The van der Waals surface area contributed by atoms with Crippen LogP contribution >= 0.6 is 15.9 Å². The van der Waals surface area contributed by atoms with Crippen molar-refractivity contribution < 1.29 is 14.3 Å². The normalized spacial score (nSPS) is 10.3. The first-order chi connectivity index (χ1) is 12.3. The highest BCUT2D eigenvalue weighted by molar-refractivity contribution is 9.10. The molecule has 25 heavy (non-hydrogen) atoms. The summed E-state index contributed by atoms with van der Waals surface area (Å²) in [6.45, 7) is 0.834. The molecule has 0 aliphatic heterocycles. The molecule has 3 nitrogen and oxygen atoms in total. The first-order valence-corrected chi connectivity index (χ1v) is 8.68. The summed E-state index contributed by atoms with van der Waals surface area (Å²) >= 11 is 3.47. The van der Waals surface area contributed by atoms with Gasteiger partial charge in [-0.25, -0.2) is 0 Å². The molecule has 0 radical (unpaired) electrons. The van der Waals surface area contributed by atoms with Crippen molar-refractivity contribution in [1.29, 1.82) is 0 Å². The van der Waals surface area contributed by atoms with Gasteiger partial charge in [0.05, 0.1) is 10.0 Å². The maximum atomic E-state index is 11.5. The minimum Gasteiger partial charge on any atom is -0.489 e. The lowest BCUT2D eigenvalue weighted by molar-refractivity contribution is 0.111. The molecule has 3 aromatic carbocycles. The summed E-state index contributed by atoms with van der Waals surface area (Å²) in [5, 5.41) is 0. The number of benzene rings is 3. The van der Waals surface area contributed by atoms with Crippen molar-refractivity contribution in [2.24, 2.45) is 0 Å². The number of ether oxygens (including phenoxy) is 2. The number of carbonyl (C=O) groups is 1. The van der Waals surface area contributed by atoms with Crippen LogP contribution in [-0.4, -0.2) is 6.29 Å². The molecule has 0 aromatic heterocycles. The van der Waals surface area contributed by atoms with Gasteiger partial charge in [0.2, 0.25) is 0 Å². The monoisotopic (exact) mass is 396 g/mol. The molecule has 0 amide bonds. The van der Waals surface area contributed by atoms with Gasteiger partial charge in [0.25, 0.3) is 0 Å². The Kier molecular flexibility index (Phi) is 5.86. The Morgan fingerprint density at radius 1 is 0.800 bits per heavy atom. The summed E-state index contributed by atoms with van der Waals surface area (Å²) in [4.78, 5) is 11.5. The van der Waals surface area contributed by atoms with Crippen LogP contribution in [0.4, 0.5) is 0 Å². The molecule has 0 saturated carbocycles. The Balaban J connectivity index is 1.73. The summed E-state index contributed by atoms with van der Waals surface area (Å²) in [5.74, 6) is 1.14. The van der Waals surface area contributed by atoms with Crippen molar-refractivity contribution in [3.63, 3.8) is 0 Å². The van der Waals surface area contributed by atoms with Crippen LogP contribution in [0.2, 0.25) is 0 Å². The van der Waals surface area contributed by atoms with Crippen LogP contribution in [0.25, 0.3) is 0 Å². The van der Waals surface area contributed by atoms with E-state index < -0.39 is 0 Å². The number of rotatable bonds is 7. The van der Waals surface area contributed by atoms with Gasteiger partial charge in [0, 0.05) is 0 Å². The fourth-order valence-corrected chi connectivity index (χ4v) is 2.95. The van der Waals surface area contributed by atoms with Gasteiger partial charge in [-0.1, -0.05) is 60.7 Å². The van der Waals surface area contributed by atoms with Crippen LogP contribution in [0.3, 0.4) is 0 Å². The van der Waals surface area contributed by atoms with Gasteiger partial charge in [-0.2, -0.15) is 0 Å². The number of hydrogen-bond acceptors (Lipinski definition) is 3. The van der Waals surface area contributed by atoms with E-state index in [4.69, 9.17) is 9.47 Å². The molecule has 0 aliphatic carbocycles. The first kappa shape index (κ1) is 17.2. The molecular weight excluding hydrogens is 380 g/mol. The number of hydrogen-bond donors (Lipinski definition) is 0. The summed E-state index contributed by atoms with van der Waals surface area (Å²) in [6.07, 6.45) is 0.778. The van der Waals surface area contributed by atoms with E-state index in [1.807, 2.05) is 66.7 Å². The summed E-state index contributed by atoms with van der Waals surface area (Å²) in [6, 6.07) is 23.2. The summed E-state index contributed by atoms with van der Waals surface area (Å²) in [5.41, 5.74) is 2.56. The average Bonchev–Trinajstić information content (AvgIpc) is 2.66. The highest BCUT2D eigenvalue weighted by Crippen LogP contribution is 2.34. The molecule has 0 N–H and O–H groups in total. The second kappa shape index (κ2) is 8.49. The van der Waals surface area contributed by atoms with Crippen molar-refractivity contribution >= 4 is 22.2 Å². The second-order valence-electron chi connectivity index (χ2n) is 5.49. The quantitative estimate of drug-likeness (QED) is 0.500. The van der Waals surface area contributed by atoms with E-state index in [9.17, 15) is 4.79 Å². The zero-order valence-corrected chi connectivity index (χ0v) is 15.1. The molecule has 4 heteroatoms. The van der Waals surface area contributed by atoms with E-state index in [2.05, 4.69) is 15.9 Å². The molecule has 3 aromatic rings. The smallest absolute Gasteiger partial charge is 0.153 e. The standard InChI is InChI=1S/C21H17BrO3/c22-20-12-19(24-14-16-7-3-1-4-8-16)11-18(13-23)21(20)25-15-17-9-5-2-6-10-17/h1-13H,14-15H2. The van der Waals surface area contributed by atoms with Crippen LogP contribution < -0.4 is 9.47 Å². The third-order valence-corrected chi connectivity index (χ3v) is 4.24. The molecule has 0 atom stereocenters. The Morgan fingerprint density at radius 2 is 1.36 bits per heavy atom. The van der Waals surface area contributed by atoms with Crippen molar-refractivity contribution in [3.05, 3.63) is 94.0 Å². The highest BCUT2D eigenvalue weighted by atomic mass is 79.9.